The highest BCUT2D eigenvalue weighted by Crippen LogP contribution is 2.31. The molecule has 2 rings (SSSR count). The summed E-state index contributed by atoms with van der Waals surface area (Å²) in [6, 6.07) is 6.96. The van der Waals surface area contributed by atoms with E-state index < -0.39 is 23.3 Å². The molecule has 0 spiro atoms. The van der Waals surface area contributed by atoms with Crippen LogP contribution in [0.3, 0.4) is 0 Å². The first kappa shape index (κ1) is 15.1. The van der Waals surface area contributed by atoms with Gasteiger partial charge >= 0.3 is 6.18 Å². The van der Waals surface area contributed by atoms with Crippen molar-refractivity contribution in [2.24, 2.45) is 7.05 Å². The molecule has 0 bridgehead atoms. The first-order valence-corrected chi connectivity index (χ1v) is 6.15. The minimum absolute atomic E-state index is 0.464. The van der Waals surface area contributed by atoms with Gasteiger partial charge < -0.3 is 4.90 Å². The Balaban J connectivity index is 2.41. The van der Waals surface area contributed by atoms with Gasteiger partial charge in [-0.2, -0.15) is 18.3 Å². The lowest BCUT2D eigenvalue weighted by atomic mass is 10.1. The lowest BCUT2D eigenvalue weighted by Crippen LogP contribution is -2.28. The van der Waals surface area contributed by atoms with Gasteiger partial charge in [0, 0.05) is 26.0 Å². The van der Waals surface area contributed by atoms with Crippen molar-refractivity contribution in [2.75, 3.05) is 11.9 Å². The van der Waals surface area contributed by atoms with Crippen molar-refractivity contribution < 1.29 is 18.0 Å². The summed E-state index contributed by atoms with van der Waals surface area (Å²) in [6.07, 6.45) is -3.59. The van der Waals surface area contributed by atoms with Crippen LogP contribution in [0.5, 0.6) is 0 Å². The summed E-state index contributed by atoms with van der Waals surface area (Å²) < 4.78 is 39.7. The van der Waals surface area contributed by atoms with Crippen molar-refractivity contribution in [3.63, 3.8) is 0 Å². The Bertz CT molecular complexity index is 676. The fourth-order valence-corrected chi connectivity index (χ4v) is 1.99. The molecule has 112 valence electrons. The molecule has 1 aromatic carbocycles. The third kappa shape index (κ3) is 3.07. The summed E-state index contributed by atoms with van der Waals surface area (Å²) in [5.74, 6) is -0.749. The Labute approximate surface area is 119 Å². The predicted octanol–water partition coefficient (Wildman–Crippen LogP) is 3.02. The van der Waals surface area contributed by atoms with Crippen LogP contribution in [0.1, 0.15) is 21.6 Å². The van der Waals surface area contributed by atoms with Gasteiger partial charge in [-0.25, -0.2) is 0 Å². The average molecular weight is 297 g/mol. The van der Waals surface area contributed by atoms with Crippen LogP contribution in [0.25, 0.3) is 0 Å². The highest BCUT2D eigenvalue weighted by Gasteiger charge is 2.39. The molecule has 0 aliphatic heterocycles. The third-order valence-electron chi connectivity index (χ3n) is 3.02. The number of carbonyl (C=O) groups excluding carboxylic acids is 1. The highest BCUT2D eigenvalue weighted by molar-refractivity contribution is 6.06. The normalized spacial score (nSPS) is 11.5. The summed E-state index contributed by atoms with van der Waals surface area (Å²) in [7, 11) is 2.78. The van der Waals surface area contributed by atoms with Crippen LogP contribution in [0.2, 0.25) is 0 Å². The van der Waals surface area contributed by atoms with Gasteiger partial charge in [0.25, 0.3) is 5.91 Å². The molecule has 4 nitrogen and oxygen atoms in total. The average Bonchev–Trinajstić information content (AvgIpc) is 2.79. The fraction of sp³-hybridized carbons (Fsp3) is 0.286. The standard InChI is InChI=1S/C14H14F3N3O/c1-9-5-4-6-10(7-9)20(3)13(21)11-8-19(2)18-12(11)14(15,16)17/h4-8H,1-3H3. The molecule has 2 aromatic rings. The lowest BCUT2D eigenvalue weighted by molar-refractivity contribution is -0.141. The first-order chi connectivity index (χ1) is 9.70. The molecule has 0 N–H and O–H groups in total. The Kier molecular flexibility index (Phi) is 3.76. The number of amides is 1. The Morgan fingerprint density at radius 3 is 2.57 bits per heavy atom. The van der Waals surface area contributed by atoms with Gasteiger partial charge in [-0.3, -0.25) is 9.48 Å². The highest BCUT2D eigenvalue weighted by atomic mass is 19.4. The summed E-state index contributed by atoms with van der Waals surface area (Å²) >= 11 is 0. The van der Waals surface area contributed by atoms with Crippen LogP contribution in [0.4, 0.5) is 18.9 Å². The lowest BCUT2D eigenvalue weighted by Gasteiger charge is -2.18. The van der Waals surface area contributed by atoms with Crippen molar-refractivity contribution in [1.82, 2.24) is 9.78 Å². The van der Waals surface area contributed by atoms with Gasteiger partial charge in [-0.1, -0.05) is 12.1 Å². The summed E-state index contributed by atoms with van der Waals surface area (Å²) in [5.41, 5.74) is -0.199. The van der Waals surface area contributed by atoms with E-state index in [0.29, 0.717) is 5.69 Å². The molecule has 0 radical (unpaired) electrons. The van der Waals surface area contributed by atoms with Crippen LogP contribution in [0, 0.1) is 6.92 Å². The molecule has 0 saturated carbocycles. The summed E-state index contributed by atoms with van der Waals surface area (Å²) in [6.45, 7) is 1.84. The van der Waals surface area contributed by atoms with Gasteiger partial charge in [0.1, 0.15) is 0 Å². The SMILES string of the molecule is Cc1cccc(N(C)C(=O)c2cn(C)nc2C(F)(F)F)c1. The summed E-state index contributed by atoms with van der Waals surface area (Å²) in [5, 5.41) is 3.34. The molecule has 0 aliphatic carbocycles. The second-order valence-corrected chi connectivity index (χ2v) is 4.77. The molecule has 7 heteroatoms. The van der Waals surface area contributed by atoms with E-state index in [1.165, 1.54) is 19.0 Å². The molecule has 1 amide bonds. The molecule has 0 unspecified atom stereocenters. The largest absolute Gasteiger partial charge is 0.435 e. The maximum Gasteiger partial charge on any atom is 0.435 e. The van der Waals surface area contributed by atoms with Gasteiger partial charge in [-0.05, 0) is 24.6 Å². The number of benzene rings is 1. The Morgan fingerprint density at radius 2 is 2.00 bits per heavy atom. The van der Waals surface area contributed by atoms with E-state index in [1.807, 2.05) is 13.0 Å². The minimum atomic E-state index is -4.67. The van der Waals surface area contributed by atoms with Crippen molar-refractivity contribution in [1.29, 1.82) is 0 Å². The molecule has 0 fully saturated rings. The van der Waals surface area contributed by atoms with E-state index in [9.17, 15) is 18.0 Å². The second kappa shape index (κ2) is 5.23. The number of aromatic nitrogens is 2. The zero-order valence-electron chi connectivity index (χ0n) is 11.8. The number of carbonyl (C=O) groups is 1. The number of aryl methyl sites for hydroxylation is 2. The van der Waals surface area contributed by atoms with Gasteiger partial charge in [0.2, 0.25) is 0 Å². The smallest absolute Gasteiger partial charge is 0.311 e. The molecule has 0 aliphatic rings. The number of halogens is 3. The molecule has 1 heterocycles. The van der Waals surface area contributed by atoms with Gasteiger partial charge in [-0.15, -0.1) is 0 Å². The molecular formula is C14H14F3N3O. The van der Waals surface area contributed by atoms with Gasteiger partial charge in [0.05, 0.1) is 5.56 Å². The molecule has 0 atom stereocenters. The second-order valence-electron chi connectivity index (χ2n) is 4.77. The topological polar surface area (TPSA) is 38.1 Å². The quantitative estimate of drug-likeness (QED) is 0.854. The molecular weight excluding hydrogens is 283 g/mol. The van der Waals surface area contributed by atoms with E-state index in [0.717, 1.165) is 16.4 Å². The van der Waals surface area contributed by atoms with E-state index in [2.05, 4.69) is 5.10 Å². The molecule has 1 aromatic heterocycles. The number of nitrogens with zero attached hydrogens (tertiary/aromatic N) is 3. The summed E-state index contributed by atoms with van der Waals surface area (Å²) in [4.78, 5) is 13.5. The predicted molar refractivity (Wildman–Crippen MR) is 72.1 cm³/mol. The van der Waals surface area contributed by atoms with E-state index in [1.54, 1.807) is 18.2 Å². The third-order valence-corrected chi connectivity index (χ3v) is 3.02. The zero-order chi connectivity index (χ0) is 15.8. The number of alkyl halides is 3. The van der Waals surface area contributed by atoms with Gasteiger partial charge in [0.15, 0.2) is 5.69 Å². The van der Waals surface area contributed by atoms with Crippen LogP contribution in [-0.2, 0) is 13.2 Å². The first-order valence-electron chi connectivity index (χ1n) is 6.15. The van der Waals surface area contributed by atoms with E-state index >= 15 is 0 Å². The maximum absolute atomic E-state index is 12.9. The molecule has 21 heavy (non-hydrogen) atoms. The fourth-order valence-electron chi connectivity index (χ4n) is 1.99. The van der Waals surface area contributed by atoms with Crippen molar-refractivity contribution in [3.8, 4) is 0 Å². The van der Waals surface area contributed by atoms with Crippen LogP contribution in [-0.4, -0.2) is 22.7 Å². The zero-order valence-corrected chi connectivity index (χ0v) is 11.8. The van der Waals surface area contributed by atoms with Crippen LogP contribution in [0.15, 0.2) is 30.5 Å². The number of hydrogen-bond acceptors (Lipinski definition) is 2. The van der Waals surface area contributed by atoms with Crippen molar-refractivity contribution in [3.05, 3.63) is 47.3 Å². The number of hydrogen-bond donors (Lipinski definition) is 0. The van der Waals surface area contributed by atoms with Crippen LogP contribution >= 0.6 is 0 Å². The van der Waals surface area contributed by atoms with Crippen molar-refractivity contribution >= 4 is 11.6 Å². The van der Waals surface area contributed by atoms with Crippen LogP contribution < -0.4 is 4.90 Å². The van der Waals surface area contributed by atoms with Crippen molar-refractivity contribution in [2.45, 2.75) is 13.1 Å². The minimum Gasteiger partial charge on any atom is -0.311 e. The molecule has 0 saturated heterocycles. The number of rotatable bonds is 2. The Hall–Kier alpha value is -2.31. The van der Waals surface area contributed by atoms with E-state index in [-0.39, 0.29) is 0 Å². The maximum atomic E-state index is 12.9. The monoisotopic (exact) mass is 297 g/mol. The number of anilines is 1. The Morgan fingerprint density at radius 1 is 1.33 bits per heavy atom. The van der Waals surface area contributed by atoms with E-state index in [4.69, 9.17) is 0 Å².